The lowest BCUT2D eigenvalue weighted by Crippen LogP contribution is -2.10. The first-order valence-corrected chi connectivity index (χ1v) is 10.1. The molecule has 168 valence electrons. The van der Waals surface area contributed by atoms with Crippen molar-refractivity contribution in [2.45, 2.75) is 12.7 Å². The molecule has 0 bridgehead atoms. The highest BCUT2D eigenvalue weighted by molar-refractivity contribution is 6.32. The minimum atomic E-state index is -4.76. The summed E-state index contributed by atoms with van der Waals surface area (Å²) < 4.78 is 54.1. The molecule has 2 aromatic carbocycles. The zero-order valence-corrected chi connectivity index (χ0v) is 17.6. The molecule has 11 heteroatoms. The van der Waals surface area contributed by atoms with E-state index in [0.717, 1.165) is 10.2 Å². The summed E-state index contributed by atoms with van der Waals surface area (Å²) >= 11 is 6.28. The molecule has 2 aromatic heterocycles. The number of nitrogens with one attached hydrogen (secondary N) is 1. The molecule has 1 aliphatic heterocycles. The van der Waals surface area contributed by atoms with Crippen LogP contribution in [0.3, 0.4) is 0 Å². The Labute approximate surface area is 190 Å². The summed E-state index contributed by atoms with van der Waals surface area (Å²) in [5.74, 6) is 0.582. The zero-order chi connectivity index (χ0) is 23.0. The molecule has 0 saturated heterocycles. The highest BCUT2D eigenvalue weighted by Gasteiger charge is 2.41. The Hall–Kier alpha value is -3.79. The third kappa shape index (κ3) is 4.05. The summed E-state index contributed by atoms with van der Waals surface area (Å²) in [6.45, 7) is 0.169. The standard InChI is InChI=1S/C22H15ClF3N5O2/c23-15-9-14(10-16-18(15)33-12-32-16)17-19(22(24,25)26)30-31(21-27-7-4-8-28-21)20(17)29-11-13-5-2-1-3-6-13/h1-10,29H,11-12H2. The quantitative estimate of drug-likeness (QED) is 0.421. The van der Waals surface area contributed by atoms with Gasteiger partial charge < -0.3 is 14.8 Å². The van der Waals surface area contributed by atoms with Crippen LogP contribution in [0.4, 0.5) is 19.0 Å². The molecule has 0 aliphatic carbocycles. The second kappa shape index (κ2) is 8.28. The second-order valence-electron chi connectivity index (χ2n) is 7.06. The molecule has 7 nitrogen and oxygen atoms in total. The van der Waals surface area contributed by atoms with Crippen molar-refractivity contribution in [3.63, 3.8) is 0 Å². The van der Waals surface area contributed by atoms with Crippen molar-refractivity contribution in [3.05, 3.63) is 77.2 Å². The van der Waals surface area contributed by atoms with E-state index in [1.807, 2.05) is 30.3 Å². The maximum absolute atomic E-state index is 14.1. The highest BCUT2D eigenvalue weighted by atomic mass is 35.5. The van der Waals surface area contributed by atoms with Crippen LogP contribution in [0.2, 0.25) is 5.02 Å². The Morgan fingerprint density at radius 2 is 1.79 bits per heavy atom. The van der Waals surface area contributed by atoms with Crippen LogP contribution >= 0.6 is 11.6 Å². The van der Waals surface area contributed by atoms with Crippen molar-refractivity contribution in [2.75, 3.05) is 12.1 Å². The van der Waals surface area contributed by atoms with Crippen molar-refractivity contribution in [3.8, 4) is 28.6 Å². The van der Waals surface area contributed by atoms with Gasteiger partial charge in [-0.2, -0.15) is 23.0 Å². The van der Waals surface area contributed by atoms with E-state index < -0.39 is 11.9 Å². The van der Waals surface area contributed by atoms with Crippen LogP contribution in [-0.4, -0.2) is 26.5 Å². The molecule has 0 spiro atoms. The van der Waals surface area contributed by atoms with Crippen LogP contribution in [0.25, 0.3) is 17.1 Å². The predicted octanol–water partition coefficient (Wildman–Crippen LogP) is 5.34. The van der Waals surface area contributed by atoms with Crippen molar-refractivity contribution in [1.82, 2.24) is 19.7 Å². The number of halogens is 4. The molecule has 0 saturated carbocycles. The molecule has 1 N–H and O–H groups in total. The Kier molecular flexibility index (Phi) is 5.29. The number of benzene rings is 2. The van der Waals surface area contributed by atoms with E-state index in [-0.39, 0.29) is 52.8 Å². The van der Waals surface area contributed by atoms with E-state index in [1.165, 1.54) is 24.5 Å². The van der Waals surface area contributed by atoms with E-state index in [2.05, 4.69) is 20.4 Å². The molecule has 0 unspecified atom stereocenters. The van der Waals surface area contributed by atoms with E-state index in [9.17, 15) is 13.2 Å². The van der Waals surface area contributed by atoms with Gasteiger partial charge in [-0.05, 0) is 29.3 Å². The third-order valence-electron chi connectivity index (χ3n) is 4.91. The first-order valence-electron chi connectivity index (χ1n) is 9.77. The van der Waals surface area contributed by atoms with E-state index in [0.29, 0.717) is 0 Å². The lowest BCUT2D eigenvalue weighted by Gasteiger charge is -2.13. The van der Waals surface area contributed by atoms with Gasteiger partial charge >= 0.3 is 6.18 Å². The fraction of sp³-hybridized carbons (Fsp3) is 0.136. The fourth-order valence-corrected chi connectivity index (χ4v) is 3.76. The van der Waals surface area contributed by atoms with Crippen molar-refractivity contribution >= 4 is 17.4 Å². The maximum atomic E-state index is 14.1. The minimum Gasteiger partial charge on any atom is -0.454 e. The van der Waals surface area contributed by atoms with Gasteiger partial charge in [0.15, 0.2) is 17.2 Å². The summed E-state index contributed by atoms with van der Waals surface area (Å²) in [5, 5.41) is 7.06. The predicted molar refractivity (Wildman–Crippen MR) is 114 cm³/mol. The van der Waals surface area contributed by atoms with Crippen LogP contribution in [0, 0.1) is 0 Å². The number of anilines is 1. The van der Waals surface area contributed by atoms with Crippen molar-refractivity contribution < 1.29 is 22.6 Å². The number of rotatable bonds is 5. The van der Waals surface area contributed by atoms with Gasteiger partial charge in [0.05, 0.1) is 10.6 Å². The summed E-state index contributed by atoms with van der Waals surface area (Å²) in [5.41, 5.74) is -0.289. The molecule has 5 rings (SSSR count). The number of alkyl halides is 3. The van der Waals surface area contributed by atoms with Gasteiger partial charge in [0.1, 0.15) is 5.82 Å². The summed E-state index contributed by atoms with van der Waals surface area (Å²) in [7, 11) is 0. The molecule has 33 heavy (non-hydrogen) atoms. The molecule has 4 aromatic rings. The summed E-state index contributed by atoms with van der Waals surface area (Å²) in [6.07, 6.45) is -1.91. The molecule has 0 atom stereocenters. The number of hydrogen-bond donors (Lipinski definition) is 1. The molecule has 3 heterocycles. The van der Waals surface area contributed by atoms with Crippen molar-refractivity contribution in [2.24, 2.45) is 0 Å². The topological polar surface area (TPSA) is 74.1 Å². The van der Waals surface area contributed by atoms with Gasteiger partial charge in [0.25, 0.3) is 5.95 Å². The van der Waals surface area contributed by atoms with Gasteiger partial charge in [-0.15, -0.1) is 0 Å². The molecule has 0 fully saturated rings. The highest BCUT2D eigenvalue weighted by Crippen LogP contribution is 2.47. The van der Waals surface area contributed by atoms with Gasteiger partial charge in [0, 0.05) is 18.9 Å². The SMILES string of the molecule is FC(F)(F)c1nn(-c2ncccn2)c(NCc2ccccc2)c1-c1cc(Cl)c2c(c1)OCO2. The molecule has 0 radical (unpaired) electrons. The van der Waals surface area contributed by atoms with Gasteiger partial charge in [0.2, 0.25) is 6.79 Å². The third-order valence-corrected chi connectivity index (χ3v) is 5.19. The van der Waals surface area contributed by atoms with Gasteiger partial charge in [-0.1, -0.05) is 41.9 Å². The second-order valence-corrected chi connectivity index (χ2v) is 7.47. The van der Waals surface area contributed by atoms with E-state index in [1.54, 1.807) is 6.07 Å². The average Bonchev–Trinajstić information content (AvgIpc) is 3.44. The summed E-state index contributed by atoms with van der Waals surface area (Å²) in [4.78, 5) is 8.16. The van der Waals surface area contributed by atoms with Crippen molar-refractivity contribution in [1.29, 1.82) is 0 Å². The number of ether oxygens (including phenoxy) is 2. The molecule has 0 amide bonds. The number of hydrogen-bond acceptors (Lipinski definition) is 6. The zero-order valence-electron chi connectivity index (χ0n) is 16.8. The normalized spacial score (nSPS) is 12.7. The van der Waals surface area contributed by atoms with Crippen LogP contribution in [-0.2, 0) is 12.7 Å². The van der Waals surface area contributed by atoms with Crippen LogP contribution in [0.5, 0.6) is 11.5 Å². The first kappa shape index (κ1) is 21.1. The van der Waals surface area contributed by atoms with E-state index >= 15 is 0 Å². The Morgan fingerprint density at radius 1 is 1.03 bits per heavy atom. The van der Waals surface area contributed by atoms with E-state index in [4.69, 9.17) is 21.1 Å². The number of nitrogens with zero attached hydrogens (tertiary/aromatic N) is 4. The summed E-state index contributed by atoms with van der Waals surface area (Å²) in [6, 6.07) is 13.7. The largest absolute Gasteiger partial charge is 0.454 e. The van der Waals surface area contributed by atoms with Crippen LogP contribution in [0.1, 0.15) is 11.3 Å². The lowest BCUT2D eigenvalue weighted by atomic mass is 10.0. The molecular weight excluding hydrogens is 459 g/mol. The fourth-order valence-electron chi connectivity index (χ4n) is 3.49. The first-order chi connectivity index (χ1) is 15.9. The Balaban J connectivity index is 1.72. The average molecular weight is 474 g/mol. The monoisotopic (exact) mass is 473 g/mol. The number of fused-ring (bicyclic) bond motifs is 1. The molecule has 1 aliphatic rings. The van der Waals surface area contributed by atoms with Crippen LogP contribution < -0.4 is 14.8 Å². The smallest absolute Gasteiger partial charge is 0.435 e. The Bertz CT molecular complexity index is 1300. The lowest BCUT2D eigenvalue weighted by molar-refractivity contribution is -0.140. The van der Waals surface area contributed by atoms with Gasteiger partial charge in [-0.25, -0.2) is 9.97 Å². The minimum absolute atomic E-state index is 0.0170. The van der Waals surface area contributed by atoms with Gasteiger partial charge in [-0.3, -0.25) is 0 Å². The van der Waals surface area contributed by atoms with Crippen LogP contribution in [0.15, 0.2) is 60.9 Å². The molecular formula is C22H15ClF3N5O2. The number of aromatic nitrogens is 4. The maximum Gasteiger partial charge on any atom is 0.435 e. The Morgan fingerprint density at radius 3 is 2.52 bits per heavy atom.